The molecule has 2 aromatic rings. The summed E-state index contributed by atoms with van der Waals surface area (Å²) in [6, 6.07) is 7.00. The van der Waals surface area contributed by atoms with E-state index in [1.54, 1.807) is 23.6 Å². The van der Waals surface area contributed by atoms with Crippen LogP contribution in [-0.2, 0) is 4.79 Å². The molecule has 0 unspecified atom stereocenters. The van der Waals surface area contributed by atoms with Crippen molar-refractivity contribution in [3.05, 3.63) is 56.7 Å². The minimum Gasteiger partial charge on any atom is -0.478 e. The second kappa shape index (κ2) is 6.56. The Morgan fingerprint density at radius 1 is 1.33 bits per heavy atom. The zero-order chi connectivity index (χ0) is 15.4. The van der Waals surface area contributed by atoms with Gasteiger partial charge in [-0.15, -0.1) is 11.3 Å². The number of carboxylic acid groups (broad SMARTS) is 1. The summed E-state index contributed by atoms with van der Waals surface area (Å²) in [5.74, 6) is -1.31. The summed E-state index contributed by atoms with van der Waals surface area (Å²) < 4.78 is 0. The molecule has 0 aliphatic rings. The number of anilines is 1. The lowest BCUT2D eigenvalue weighted by Crippen LogP contribution is -2.11. The van der Waals surface area contributed by atoms with Crippen molar-refractivity contribution in [2.45, 2.75) is 6.92 Å². The standard InChI is InChI=1S/C15H12ClNO3S/c1-9-2-4-13(12(16)6-9)17-15(20)10-7-11(21-8-10)3-5-14(18)19/h2-8H,1H3,(H,17,20)(H,18,19). The Hall–Kier alpha value is -2.11. The zero-order valence-corrected chi connectivity index (χ0v) is 12.7. The van der Waals surface area contributed by atoms with Gasteiger partial charge in [-0.1, -0.05) is 17.7 Å². The monoisotopic (exact) mass is 321 g/mol. The average Bonchev–Trinajstić information content (AvgIpc) is 2.88. The molecule has 6 heteroatoms. The van der Waals surface area contributed by atoms with E-state index in [9.17, 15) is 9.59 Å². The van der Waals surface area contributed by atoms with Crippen molar-refractivity contribution in [3.8, 4) is 0 Å². The van der Waals surface area contributed by atoms with Crippen molar-refractivity contribution in [1.29, 1.82) is 0 Å². The third kappa shape index (κ3) is 4.18. The van der Waals surface area contributed by atoms with Gasteiger partial charge in [-0.25, -0.2) is 4.79 Å². The van der Waals surface area contributed by atoms with Crippen molar-refractivity contribution in [1.82, 2.24) is 0 Å². The molecule has 0 atom stereocenters. The number of hydrogen-bond donors (Lipinski definition) is 2. The van der Waals surface area contributed by atoms with E-state index in [0.29, 0.717) is 21.2 Å². The van der Waals surface area contributed by atoms with Crippen molar-refractivity contribution in [2.24, 2.45) is 0 Å². The molecular formula is C15H12ClNO3S. The molecule has 1 aromatic heterocycles. The maximum Gasteiger partial charge on any atom is 0.328 e. The van der Waals surface area contributed by atoms with Gasteiger partial charge in [-0.3, -0.25) is 4.79 Å². The number of hydrogen-bond acceptors (Lipinski definition) is 3. The number of amides is 1. The van der Waals surface area contributed by atoms with Crippen LogP contribution in [0.25, 0.3) is 6.08 Å². The third-order valence-electron chi connectivity index (χ3n) is 2.64. The largest absolute Gasteiger partial charge is 0.478 e. The molecule has 0 fully saturated rings. The van der Waals surface area contributed by atoms with E-state index in [1.165, 1.54) is 17.4 Å². The first kappa shape index (κ1) is 15.3. The van der Waals surface area contributed by atoms with E-state index in [2.05, 4.69) is 5.32 Å². The minimum atomic E-state index is -1.03. The highest BCUT2D eigenvalue weighted by molar-refractivity contribution is 7.11. The van der Waals surface area contributed by atoms with Crippen LogP contribution in [0.2, 0.25) is 5.02 Å². The fourth-order valence-electron chi connectivity index (χ4n) is 1.63. The lowest BCUT2D eigenvalue weighted by molar-refractivity contribution is -0.131. The maximum atomic E-state index is 12.1. The Labute approximate surface area is 130 Å². The Balaban J connectivity index is 2.12. The summed E-state index contributed by atoms with van der Waals surface area (Å²) in [5.41, 5.74) is 2.01. The van der Waals surface area contributed by atoms with Gasteiger partial charge in [-0.05, 0) is 36.8 Å². The number of aryl methyl sites for hydroxylation is 1. The highest BCUT2D eigenvalue weighted by Crippen LogP contribution is 2.24. The van der Waals surface area contributed by atoms with Crippen LogP contribution in [0.15, 0.2) is 35.7 Å². The molecule has 108 valence electrons. The molecule has 0 bridgehead atoms. The van der Waals surface area contributed by atoms with Gasteiger partial charge in [0.15, 0.2) is 0 Å². The summed E-state index contributed by atoms with van der Waals surface area (Å²) >= 11 is 7.36. The maximum absolute atomic E-state index is 12.1. The average molecular weight is 322 g/mol. The Morgan fingerprint density at radius 3 is 2.76 bits per heavy atom. The van der Waals surface area contributed by atoms with Gasteiger partial charge in [0.25, 0.3) is 5.91 Å². The van der Waals surface area contributed by atoms with Gasteiger partial charge in [0.1, 0.15) is 0 Å². The molecule has 1 amide bonds. The molecule has 0 saturated carbocycles. The number of rotatable bonds is 4. The summed E-state index contributed by atoms with van der Waals surface area (Å²) in [7, 11) is 0. The molecule has 2 rings (SSSR count). The highest BCUT2D eigenvalue weighted by atomic mass is 35.5. The van der Waals surface area contributed by atoms with Gasteiger partial charge in [0.2, 0.25) is 0 Å². The molecule has 0 saturated heterocycles. The van der Waals surface area contributed by atoms with E-state index >= 15 is 0 Å². The second-order valence-corrected chi connectivity index (χ2v) is 5.70. The molecule has 0 spiro atoms. The lowest BCUT2D eigenvalue weighted by Gasteiger charge is -2.06. The SMILES string of the molecule is Cc1ccc(NC(=O)c2csc(C=CC(=O)O)c2)c(Cl)c1. The van der Waals surface area contributed by atoms with Gasteiger partial charge < -0.3 is 10.4 Å². The number of carbonyl (C=O) groups is 2. The van der Waals surface area contributed by atoms with Crippen molar-refractivity contribution < 1.29 is 14.7 Å². The normalized spacial score (nSPS) is 10.8. The van der Waals surface area contributed by atoms with Crippen LogP contribution in [0, 0.1) is 6.92 Å². The highest BCUT2D eigenvalue weighted by Gasteiger charge is 2.10. The van der Waals surface area contributed by atoms with Crippen LogP contribution in [0.5, 0.6) is 0 Å². The zero-order valence-electron chi connectivity index (χ0n) is 11.1. The molecule has 21 heavy (non-hydrogen) atoms. The van der Waals surface area contributed by atoms with Crippen molar-refractivity contribution in [2.75, 3.05) is 5.32 Å². The van der Waals surface area contributed by atoms with Crippen molar-refractivity contribution in [3.63, 3.8) is 0 Å². The summed E-state index contributed by atoms with van der Waals surface area (Å²) in [5, 5.41) is 13.4. The summed E-state index contributed by atoms with van der Waals surface area (Å²) in [4.78, 5) is 23.2. The third-order valence-corrected chi connectivity index (χ3v) is 3.86. The van der Waals surface area contributed by atoms with Gasteiger partial charge in [0.05, 0.1) is 16.3 Å². The van der Waals surface area contributed by atoms with Gasteiger partial charge >= 0.3 is 5.97 Å². The molecule has 0 aliphatic carbocycles. The van der Waals surface area contributed by atoms with Crippen LogP contribution >= 0.6 is 22.9 Å². The molecule has 0 radical (unpaired) electrons. The first-order valence-electron chi connectivity index (χ1n) is 6.03. The van der Waals surface area contributed by atoms with Crippen LogP contribution in [0.4, 0.5) is 5.69 Å². The number of halogens is 1. The van der Waals surface area contributed by atoms with E-state index in [-0.39, 0.29) is 5.91 Å². The van der Waals surface area contributed by atoms with Crippen LogP contribution in [0.1, 0.15) is 20.8 Å². The Morgan fingerprint density at radius 2 is 2.10 bits per heavy atom. The van der Waals surface area contributed by atoms with Crippen LogP contribution < -0.4 is 5.32 Å². The summed E-state index contributed by atoms with van der Waals surface area (Å²) in [6.45, 7) is 1.91. The fraction of sp³-hybridized carbons (Fsp3) is 0.0667. The molecule has 2 N–H and O–H groups in total. The Kier molecular flexibility index (Phi) is 4.77. The first-order chi connectivity index (χ1) is 9.95. The molecular weight excluding hydrogens is 310 g/mol. The quantitative estimate of drug-likeness (QED) is 0.834. The predicted octanol–water partition coefficient (Wildman–Crippen LogP) is 4.06. The van der Waals surface area contributed by atoms with E-state index in [4.69, 9.17) is 16.7 Å². The summed E-state index contributed by atoms with van der Waals surface area (Å²) in [6.07, 6.45) is 2.48. The van der Waals surface area contributed by atoms with E-state index in [0.717, 1.165) is 11.6 Å². The molecule has 4 nitrogen and oxygen atoms in total. The smallest absolute Gasteiger partial charge is 0.328 e. The molecule has 0 aliphatic heterocycles. The molecule has 1 aromatic carbocycles. The number of aliphatic carboxylic acids is 1. The van der Waals surface area contributed by atoms with Crippen LogP contribution in [0.3, 0.4) is 0 Å². The number of benzene rings is 1. The number of nitrogens with one attached hydrogen (secondary N) is 1. The van der Waals surface area contributed by atoms with E-state index < -0.39 is 5.97 Å². The first-order valence-corrected chi connectivity index (χ1v) is 7.28. The van der Waals surface area contributed by atoms with Crippen LogP contribution in [-0.4, -0.2) is 17.0 Å². The topological polar surface area (TPSA) is 66.4 Å². The van der Waals surface area contributed by atoms with E-state index in [1.807, 2.05) is 13.0 Å². The number of carboxylic acids is 1. The number of thiophene rings is 1. The fourth-order valence-corrected chi connectivity index (χ4v) is 2.69. The van der Waals surface area contributed by atoms with Gasteiger partial charge in [-0.2, -0.15) is 0 Å². The Bertz CT molecular complexity index is 721. The van der Waals surface area contributed by atoms with Gasteiger partial charge in [0, 0.05) is 16.3 Å². The lowest BCUT2D eigenvalue weighted by atomic mass is 10.2. The minimum absolute atomic E-state index is 0.285. The van der Waals surface area contributed by atoms with Crippen molar-refractivity contribution >= 4 is 46.6 Å². The molecule has 1 heterocycles. The number of carbonyl (C=O) groups excluding carboxylic acids is 1. The predicted molar refractivity (Wildman–Crippen MR) is 85.1 cm³/mol. The second-order valence-electron chi connectivity index (χ2n) is 4.35.